The highest BCUT2D eigenvalue weighted by molar-refractivity contribution is 7.90. The van der Waals surface area contributed by atoms with Crippen molar-refractivity contribution in [3.8, 4) is 0 Å². The molecule has 1 aromatic heterocycles. The quantitative estimate of drug-likeness (QED) is 0.864. The fraction of sp³-hybridized carbons (Fsp3) is 0.733. The molecule has 1 N–H and O–H groups in total. The lowest BCUT2D eigenvalue weighted by molar-refractivity contribution is 0.205. The molecule has 2 heterocycles. The molecule has 1 atom stereocenters. The molecular weight excluding hydrogens is 304 g/mol. The Morgan fingerprint density at radius 1 is 1.43 bits per heavy atom. The van der Waals surface area contributed by atoms with Gasteiger partial charge in [0.1, 0.15) is 9.84 Å². The average Bonchev–Trinajstić information content (AvgIpc) is 2.87. The molecule has 0 unspecified atom stereocenters. The fourth-order valence-electron chi connectivity index (χ4n) is 3.55. The minimum absolute atomic E-state index is 0.266. The second kappa shape index (κ2) is 5.99. The molecule has 4 nitrogen and oxygen atoms in total. The van der Waals surface area contributed by atoms with Gasteiger partial charge >= 0.3 is 0 Å². The molecule has 2 fully saturated rings. The summed E-state index contributed by atoms with van der Waals surface area (Å²) < 4.78 is 23.0. The number of thiophene rings is 1. The van der Waals surface area contributed by atoms with Crippen LogP contribution in [0, 0.1) is 5.41 Å². The van der Waals surface area contributed by atoms with E-state index in [1.54, 1.807) is 11.3 Å². The fourth-order valence-corrected chi connectivity index (χ4v) is 4.78. The van der Waals surface area contributed by atoms with E-state index in [2.05, 4.69) is 27.0 Å². The van der Waals surface area contributed by atoms with Crippen molar-refractivity contribution in [2.75, 3.05) is 31.6 Å². The van der Waals surface area contributed by atoms with Gasteiger partial charge in [-0.1, -0.05) is 0 Å². The van der Waals surface area contributed by atoms with Crippen molar-refractivity contribution < 1.29 is 8.42 Å². The molecule has 1 saturated heterocycles. The Morgan fingerprint density at radius 3 is 2.81 bits per heavy atom. The zero-order valence-electron chi connectivity index (χ0n) is 12.5. The Hall–Kier alpha value is -0.430. The van der Waals surface area contributed by atoms with Crippen molar-refractivity contribution in [3.05, 3.63) is 22.4 Å². The Balaban J connectivity index is 1.67. The van der Waals surface area contributed by atoms with Gasteiger partial charge in [-0.25, -0.2) is 8.42 Å². The molecular formula is C15H24N2O2S2. The highest BCUT2D eigenvalue weighted by Gasteiger charge is 2.56. The van der Waals surface area contributed by atoms with Gasteiger partial charge < -0.3 is 5.32 Å². The van der Waals surface area contributed by atoms with Crippen LogP contribution in [0.15, 0.2) is 16.8 Å². The number of sulfone groups is 1. The van der Waals surface area contributed by atoms with E-state index >= 15 is 0 Å². The number of hydrogen-bond donors (Lipinski definition) is 1. The summed E-state index contributed by atoms with van der Waals surface area (Å²) in [6, 6.07) is 2.72. The van der Waals surface area contributed by atoms with Crippen molar-refractivity contribution in [2.24, 2.45) is 5.41 Å². The molecule has 0 radical (unpaired) electrons. The molecule has 0 aromatic carbocycles. The van der Waals surface area contributed by atoms with Crippen molar-refractivity contribution in [3.63, 3.8) is 0 Å². The number of hydrogen-bond acceptors (Lipinski definition) is 5. The highest BCUT2D eigenvalue weighted by Crippen LogP contribution is 2.55. The lowest BCUT2D eigenvalue weighted by Gasteiger charge is -2.29. The maximum Gasteiger partial charge on any atom is 0.148 e. The molecule has 1 spiro atoms. The topological polar surface area (TPSA) is 49.4 Å². The molecule has 1 aliphatic carbocycles. The standard InChI is InChI=1S/C15H24N2O2S2/c1-21(18,19)9-7-17(11-13-2-8-20-12-13)14-10-15(14)3-5-16-6-4-15/h2,8,12,14,16H,3-7,9-11H2,1H3/t14-/m1/s1. The van der Waals surface area contributed by atoms with Crippen LogP contribution in [0.2, 0.25) is 0 Å². The lowest BCUT2D eigenvalue weighted by atomic mass is 9.93. The number of nitrogens with one attached hydrogen (secondary N) is 1. The van der Waals surface area contributed by atoms with Gasteiger partial charge in [0, 0.05) is 25.4 Å². The minimum Gasteiger partial charge on any atom is -0.317 e. The van der Waals surface area contributed by atoms with Crippen LogP contribution >= 0.6 is 11.3 Å². The van der Waals surface area contributed by atoms with Gasteiger partial charge in [0.25, 0.3) is 0 Å². The first-order valence-corrected chi connectivity index (χ1v) is 10.6. The Labute approximate surface area is 131 Å². The summed E-state index contributed by atoms with van der Waals surface area (Å²) in [7, 11) is -2.90. The molecule has 21 heavy (non-hydrogen) atoms. The first kappa shape index (κ1) is 15.5. The zero-order valence-corrected chi connectivity index (χ0v) is 14.2. The molecule has 6 heteroatoms. The maximum absolute atomic E-state index is 11.5. The predicted molar refractivity (Wildman–Crippen MR) is 87.4 cm³/mol. The second-order valence-electron chi connectivity index (χ2n) is 6.56. The van der Waals surface area contributed by atoms with Crippen LogP contribution in [0.4, 0.5) is 0 Å². The van der Waals surface area contributed by atoms with E-state index in [0.29, 0.717) is 18.0 Å². The van der Waals surface area contributed by atoms with Crippen LogP contribution in [0.25, 0.3) is 0 Å². The molecule has 1 aromatic rings. The van der Waals surface area contributed by atoms with Crippen molar-refractivity contribution in [1.82, 2.24) is 10.2 Å². The van der Waals surface area contributed by atoms with Crippen molar-refractivity contribution >= 4 is 21.2 Å². The third-order valence-electron chi connectivity index (χ3n) is 4.90. The maximum atomic E-state index is 11.5. The summed E-state index contributed by atoms with van der Waals surface area (Å²) in [6.45, 7) is 3.76. The van der Waals surface area contributed by atoms with Gasteiger partial charge in [-0.05, 0) is 60.2 Å². The van der Waals surface area contributed by atoms with Crippen LogP contribution in [-0.4, -0.2) is 51.0 Å². The van der Waals surface area contributed by atoms with Gasteiger partial charge in [-0.15, -0.1) is 0 Å². The average molecular weight is 329 g/mol. The number of nitrogens with zero attached hydrogens (tertiary/aromatic N) is 1. The normalized spacial score (nSPS) is 24.6. The van der Waals surface area contributed by atoms with E-state index in [1.807, 2.05) is 0 Å². The van der Waals surface area contributed by atoms with Crippen LogP contribution in [0.5, 0.6) is 0 Å². The SMILES string of the molecule is CS(=O)(=O)CCN(Cc1ccsc1)[C@@H]1CC12CCNCC2. The molecule has 0 amide bonds. The summed E-state index contributed by atoms with van der Waals surface area (Å²) in [5.41, 5.74) is 1.77. The third-order valence-corrected chi connectivity index (χ3v) is 6.56. The third kappa shape index (κ3) is 3.86. The van der Waals surface area contributed by atoms with Gasteiger partial charge in [-0.3, -0.25) is 4.90 Å². The molecule has 0 bridgehead atoms. The Morgan fingerprint density at radius 2 is 2.19 bits per heavy atom. The van der Waals surface area contributed by atoms with Crippen LogP contribution in [-0.2, 0) is 16.4 Å². The summed E-state index contributed by atoms with van der Waals surface area (Å²) in [6.07, 6.45) is 5.04. The second-order valence-corrected chi connectivity index (χ2v) is 9.60. The summed E-state index contributed by atoms with van der Waals surface area (Å²) >= 11 is 1.71. The van der Waals surface area contributed by atoms with Crippen LogP contribution in [0.1, 0.15) is 24.8 Å². The summed E-state index contributed by atoms with van der Waals surface area (Å²) in [5.74, 6) is 0.266. The largest absolute Gasteiger partial charge is 0.317 e. The van der Waals surface area contributed by atoms with E-state index in [1.165, 1.54) is 31.1 Å². The van der Waals surface area contributed by atoms with Gasteiger partial charge in [0.15, 0.2) is 0 Å². The van der Waals surface area contributed by atoms with E-state index in [4.69, 9.17) is 0 Å². The van der Waals surface area contributed by atoms with E-state index < -0.39 is 9.84 Å². The van der Waals surface area contributed by atoms with Gasteiger partial charge in [0.2, 0.25) is 0 Å². The summed E-state index contributed by atoms with van der Waals surface area (Å²) in [4.78, 5) is 2.41. The first-order chi connectivity index (χ1) is 9.99. The Bertz CT molecular complexity index is 563. The van der Waals surface area contributed by atoms with Crippen molar-refractivity contribution in [1.29, 1.82) is 0 Å². The highest BCUT2D eigenvalue weighted by atomic mass is 32.2. The predicted octanol–water partition coefficient (Wildman–Crippen LogP) is 1.74. The smallest absolute Gasteiger partial charge is 0.148 e. The van der Waals surface area contributed by atoms with Crippen LogP contribution in [0.3, 0.4) is 0 Å². The Kier molecular flexibility index (Phi) is 4.41. The lowest BCUT2D eigenvalue weighted by Crippen LogP contribution is -2.37. The van der Waals surface area contributed by atoms with E-state index in [0.717, 1.165) is 19.6 Å². The monoisotopic (exact) mass is 328 g/mol. The number of rotatable bonds is 6. The van der Waals surface area contributed by atoms with E-state index in [9.17, 15) is 8.42 Å². The van der Waals surface area contributed by atoms with Crippen LogP contribution < -0.4 is 5.32 Å². The zero-order chi connectivity index (χ0) is 14.9. The van der Waals surface area contributed by atoms with Crippen molar-refractivity contribution in [2.45, 2.75) is 31.8 Å². The molecule has 1 saturated carbocycles. The summed E-state index contributed by atoms with van der Waals surface area (Å²) in [5, 5.41) is 7.69. The van der Waals surface area contributed by atoms with Gasteiger partial charge in [0.05, 0.1) is 5.75 Å². The molecule has 118 valence electrons. The molecule has 3 rings (SSSR count). The molecule has 2 aliphatic rings. The molecule has 1 aliphatic heterocycles. The van der Waals surface area contributed by atoms with Gasteiger partial charge in [-0.2, -0.15) is 11.3 Å². The minimum atomic E-state index is -2.90. The number of piperidine rings is 1. The first-order valence-electron chi connectivity index (χ1n) is 7.62. The van der Waals surface area contributed by atoms with E-state index in [-0.39, 0.29) is 5.75 Å².